The highest BCUT2D eigenvalue weighted by atomic mass is 19.1. The van der Waals surface area contributed by atoms with Crippen molar-refractivity contribution >= 4 is 6.21 Å². The summed E-state index contributed by atoms with van der Waals surface area (Å²) in [6, 6.07) is 6.76. The molecule has 0 spiro atoms. The van der Waals surface area contributed by atoms with Crippen LogP contribution >= 0.6 is 0 Å². The Morgan fingerprint density at radius 1 is 1.00 bits per heavy atom. The number of halogens is 2. The van der Waals surface area contributed by atoms with Gasteiger partial charge < -0.3 is 0 Å². The van der Waals surface area contributed by atoms with Gasteiger partial charge in [-0.05, 0) is 80.9 Å². The van der Waals surface area contributed by atoms with Crippen molar-refractivity contribution in [2.45, 2.75) is 103 Å². The van der Waals surface area contributed by atoms with Crippen LogP contribution in [0.4, 0.5) is 8.78 Å². The second-order valence-corrected chi connectivity index (χ2v) is 10.7. The van der Waals surface area contributed by atoms with Gasteiger partial charge in [0.1, 0.15) is 11.6 Å². The summed E-state index contributed by atoms with van der Waals surface area (Å²) in [7, 11) is 0. The zero-order valence-corrected chi connectivity index (χ0v) is 28.7. The lowest BCUT2D eigenvalue weighted by Crippen LogP contribution is -2.10. The molecule has 1 aliphatic heterocycles. The SMILES string of the molecule is C=C(C)C(=C/C(F)=C(\C)C1C=CNN=C1)C(=C)C.C=CC.CC.CC(C)C.CC(C)C.CCCc1cccc(F)c1. The second kappa shape index (κ2) is 30.0. The van der Waals surface area contributed by atoms with E-state index in [4.69, 9.17) is 0 Å². The molecule has 234 valence electrons. The predicted molar refractivity (Wildman–Crippen MR) is 184 cm³/mol. The van der Waals surface area contributed by atoms with E-state index in [1.54, 1.807) is 37.5 Å². The van der Waals surface area contributed by atoms with Crippen LogP contribution in [-0.4, -0.2) is 6.21 Å². The number of hydrogen-bond acceptors (Lipinski definition) is 2. The predicted octanol–water partition coefficient (Wildman–Crippen LogP) is 12.3. The molecule has 2 nitrogen and oxygen atoms in total. The number of rotatable bonds is 6. The number of hydrazone groups is 1. The highest BCUT2D eigenvalue weighted by Crippen LogP contribution is 2.23. The Bertz CT molecular complexity index is 908. The largest absolute Gasteiger partial charge is 0.286 e. The molecular weight excluding hydrogens is 510 g/mol. The topological polar surface area (TPSA) is 24.4 Å². The van der Waals surface area contributed by atoms with Gasteiger partial charge in [-0.1, -0.05) is 117 Å². The maximum Gasteiger partial charge on any atom is 0.123 e. The van der Waals surface area contributed by atoms with Gasteiger partial charge in [-0.15, -0.1) is 6.58 Å². The third kappa shape index (κ3) is 31.4. The smallest absolute Gasteiger partial charge is 0.123 e. The van der Waals surface area contributed by atoms with Crippen molar-refractivity contribution < 1.29 is 8.78 Å². The summed E-state index contributed by atoms with van der Waals surface area (Å²) in [5.74, 6) is 1.16. The fourth-order valence-electron chi connectivity index (χ4n) is 2.61. The molecule has 1 aliphatic rings. The van der Waals surface area contributed by atoms with Crippen molar-refractivity contribution in [1.29, 1.82) is 0 Å². The molecule has 1 heterocycles. The van der Waals surface area contributed by atoms with Gasteiger partial charge in [0.2, 0.25) is 0 Å². The van der Waals surface area contributed by atoms with E-state index < -0.39 is 0 Å². The zero-order chi connectivity index (χ0) is 33.0. The summed E-state index contributed by atoms with van der Waals surface area (Å²) < 4.78 is 26.6. The van der Waals surface area contributed by atoms with Crippen LogP contribution in [0.3, 0.4) is 0 Å². The van der Waals surface area contributed by atoms with Gasteiger partial charge in [0, 0.05) is 18.3 Å². The minimum Gasteiger partial charge on any atom is -0.286 e. The van der Waals surface area contributed by atoms with Gasteiger partial charge in [-0.25, -0.2) is 8.78 Å². The molecule has 0 amide bonds. The molecular formula is C37H62F2N2. The fourth-order valence-corrected chi connectivity index (χ4v) is 2.61. The van der Waals surface area contributed by atoms with E-state index in [0.29, 0.717) is 5.57 Å². The molecule has 1 atom stereocenters. The number of nitrogens with zero attached hydrogens (tertiary/aromatic N) is 1. The van der Waals surface area contributed by atoms with Crippen molar-refractivity contribution in [3.63, 3.8) is 0 Å². The molecule has 0 bridgehead atoms. The summed E-state index contributed by atoms with van der Waals surface area (Å²) in [5, 5.41) is 3.89. The van der Waals surface area contributed by atoms with Crippen LogP contribution in [0.25, 0.3) is 0 Å². The van der Waals surface area contributed by atoms with E-state index in [0.717, 1.165) is 47.0 Å². The number of hydrogen-bond donors (Lipinski definition) is 1. The number of aryl methyl sites for hydroxylation is 1. The Balaban J connectivity index is -0.000000249. The quantitative estimate of drug-likeness (QED) is 0.266. The van der Waals surface area contributed by atoms with Gasteiger partial charge in [-0.3, -0.25) is 5.43 Å². The van der Waals surface area contributed by atoms with Crippen molar-refractivity contribution in [2.24, 2.45) is 22.9 Å². The second-order valence-electron chi connectivity index (χ2n) is 10.7. The van der Waals surface area contributed by atoms with E-state index in [1.165, 1.54) is 12.1 Å². The molecule has 0 saturated carbocycles. The first-order valence-corrected chi connectivity index (χ1v) is 14.8. The molecule has 0 aliphatic carbocycles. The Kier molecular flexibility index (Phi) is 32.9. The Morgan fingerprint density at radius 3 is 1.80 bits per heavy atom. The molecule has 0 saturated heterocycles. The van der Waals surface area contributed by atoms with Crippen molar-refractivity contribution in [2.75, 3.05) is 0 Å². The minimum atomic E-state index is -0.265. The van der Waals surface area contributed by atoms with Crippen molar-refractivity contribution in [3.8, 4) is 0 Å². The van der Waals surface area contributed by atoms with Crippen LogP contribution in [0.2, 0.25) is 0 Å². The lowest BCUT2D eigenvalue weighted by atomic mass is 9.97. The molecule has 0 aromatic heterocycles. The number of nitrogens with one attached hydrogen (secondary N) is 1. The number of allylic oxidation sites excluding steroid dienone is 8. The summed E-state index contributed by atoms with van der Waals surface area (Å²) in [6.45, 7) is 37.4. The molecule has 41 heavy (non-hydrogen) atoms. The maximum absolute atomic E-state index is 14.2. The van der Waals surface area contributed by atoms with E-state index >= 15 is 0 Å². The third-order valence-corrected chi connectivity index (χ3v) is 4.18. The van der Waals surface area contributed by atoms with Crippen LogP contribution in [-0.2, 0) is 6.42 Å². The maximum atomic E-state index is 14.2. The highest BCUT2D eigenvalue weighted by Gasteiger charge is 2.12. The van der Waals surface area contributed by atoms with Crippen molar-refractivity contribution in [3.05, 3.63) is 108 Å². The standard InChI is InChI=1S/C15H19FN2.C9H11F.2C4H10.C3H6.C2H6/c1-10(2)14(11(3)4)8-15(16)12(5)13-6-7-17-18-9-13;1-2-4-8-5-3-6-9(10)7-8;2*1-4(2)3;1-3-2;1-2/h6-9,13,17H,1,3H2,2,4-5H3;3,5-7H,2,4H2,1H3;2*4H,1-3H3;3H,1H2,2H3;1-2H3/b15-12-;;;;;. The minimum absolute atomic E-state index is 0.112. The first kappa shape index (κ1) is 45.0. The summed E-state index contributed by atoms with van der Waals surface area (Å²) in [4.78, 5) is 0. The average Bonchev–Trinajstić information content (AvgIpc) is 2.88. The molecule has 1 unspecified atom stereocenters. The lowest BCUT2D eigenvalue weighted by molar-refractivity contribution is 0.625. The van der Waals surface area contributed by atoms with Crippen LogP contribution < -0.4 is 5.43 Å². The molecule has 1 aromatic rings. The van der Waals surface area contributed by atoms with Gasteiger partial charge in [0.15, 0.2) is 0 Å². The van der Waals surface area contributed by atoms with Gasteiger partial charge >= 0.3 is 0 Å². The summed E-state index contributed by atoms with van der Waals surface area (Å²) in [5.41, 5.74) is 6.76. The van der Waals surface area contributed by atoms with E-state index in [2.05, 4.69) is 78.7 Å². The summed E-state index contributed by atoms with van der Waals surface area (Å²) in [6.07, 6.45) is 10.5. The molecule has 0 fully saturated rings. The van der Waals surface area contributed by atoms with Crippen LogP contribution in [0.5, 0.6) is 0 Å². The molecule has 0 radical (unpaired) electrons. The van der Waals surface area contributed by atoms with Crippen LogP contribution in [0.1, 0.15) is 102 Å². The van der Waals surface area contributed by atoms with Crippen LogP contribution in [0.15, 0.2) is 102 Å². The van der Waals surface area contributed by atoms with Crippen LogP contribution in [0, 0.1) is 23.6 Å². The zero-order valence-electron chi connectivity index (χ0n) is 28.7. The summed E-state index contributed by atoms with van der Waals surface area (Å²) >= 11 is 0. The first-order valence-electron chi connectivity index (χ1n) is 14.8. The van der Waals surface area contributed by atoms with E-state index in [1.807, 2.05) is 46.8 Å². The van der Waals surface area contributed by atoms with Crippen molar-refractivity contribution in [1.82, 2.24) is 5.43 Å². The van der Waals surface area contributed by atoms with Gasteiger partial charge in [0.05, 0.1) is 0 Å². The van der Waals surface area contributed by atoms with E-state index in [9.17, 15) is 8.78 Å². The molecule has 1 N–H and O–H groups in total. The molecule has 4 heteroatoms. The normalized spacial score (nSPS) is 12.9. The average molecular weight is 573 g/mol. The molecule has 1 aromatic carbocycles. The number of benzene rings is 1. The Hall–Kier alpha value is -3.01. The monoisotopic (exact) mass is 572 g/mol. The highest BCUT2D eigenvalue weighted by molar-refractivity contribution is 5.69. The molecule has 2 rings (SSSR count). The van der Waals surface area contributed by atoms with E-state index in [-0.39, 0.29) is 17.6 Å². The van der Waals surface area contributed by atoms with Gasteiger partial charge in [0.25, 0.3) is 0 Å². The van der Waals surface area contributed by atoms with Gasteiger partial charge in [-0.2, -0.15) is 5.10 Å². The fraction of sp³-hybridized carbons (Fsp3) is 0.486. The Labute approximate surface area is 253 Å². The first-order chi connectivity index (χ1) is 19.1. The Morgan fingerprint density at radius 2 is 1.46 bits per heavy atom. The third-order valence-electron chi connectivity index (χ3n) is 4.18. The lowest BCUT2D eigenvalue weighted by Gasteiger charge is -2.12.